The first-order chi connectivity index (χ1) is 12.3. The fourth-order valence-electron chi connectivity index (χ4n) is 2.46. The highest BCUT2D eigenvalue weighted by Gasteiger charge is 2.57. The van der Waals surface area contributed by atoms with Gasteiger partial charge in [-0.25, -0.2) is 0 Å². The van der Waals surface area contributed by atoms with E-state index in [-0.39, 0.29) is 12.8 Å². The van der Waals surface area contributed by atoms with Gasteiger partial charge < -0.3 is 9.84 Å². The number of halogens is 6. The van der Waals surface area contributed by atoms with Crippen LogP contribution in [0.5, 0.6) is 0 Å². The molecule has 0 aliphatic carbocycles. The second-order valence-corrected chi connectivity index (χ2v) is 6.94. The minimum absolute atomic E-state index is 0.216. The smallest absolute Gasteiger partial charge is 0.453 e. The molecule has 0 aliphatic rings. The van der Waals surface area contributed by atoms with Crippen molar-refractivity contribution in [3.05, 3.63) is 0 Å². The molecule has 27 heavy (non-hydrogen) atoms. The van der Waals surface area contributed by atoms with Crippen LogP contribution >= 0.6 is 11.6 Å². The van der Waals surface area contributed by atoms with Gasteiger partial charge in [0.25, 0.3) is 0 Å². The fourth-order valence-corrected chi connectivity index (χ4v) is 2.65. The van der Waals surface area contributed by atoms with Crippen molar-refractivity contribution in [3.63, 3.8) is 0 Å². The molecule has 0 saturated carbocycles. The average molecular weight is 425 g/mol. The van der Waals surface area contributed by atoms with Gasteiger partial charge in [0.2, 0.25) is 0 Å². The zero-order chi connectivity index (χ0) is 21.3. The lowest BCUT2D eigenvalue weighted by atomic mass is 9.77. The van der Waals surface area contributed by atoms with Crippen molar-refractivity contribution >= 4 is 23.5 Å². The van der Waals surface area contributed by atoms with Crippen LogP contribution in [-0.4, -0.2) is 41.1 Å². The summed E-state index contributed by atoms with van der Waals surface area (Å²) in [6.07, 6.45) is -7.88. The molecule has 4 nitrogen and oxygen atoms in total. The Morgan fingerprint density at radius 3 is 2.00 bits per heavy atom. The topological polar surface area (TPSA) is 63.6 Å². The molecule has 0 bridgehead atoms. The zero-order valence-electron chi connectivity index (χ0n) is 15.4. The fraction of sp³-hybridized carbons (Fsp3) is 0.882. The van der Waals surface area contributed by atoms with E-state index < -0.39 is 54.8 Å². The molecule has 0 saturated heterocycles. The molecule has 0 spiro atoms. The molecule has 0 aromatic heterocycles. The van der Waals surface area contributed by atoms with Gasteiger partial charge in [-0.15, -0.1) is 11.6 Å². The number of hydrogen-bond acceptors (Lipinski definition) is 3. The highest BCUT2D eigenvalue weighted by Crippen LogP contribution is 2.41. The Kier molecular flexibility index (Phi) is 10.6. The number of esters is 1. The molecule has 2 unspecified atom stereocenters. The van der Waals surface area contributed by atoms with Crippen LogP contribution in [0.25, 0.3) is 0 Å². The molecule has 0 fully saturated rings. The molecule has 1 N–H and O–H groups in total. The molecule has 0 radical (unpaired) electrons. The van der Waals surface area contributed by atoms with Gasteiger partial charge in [-0.1, -0.05) is 19.8 Å². The van der Waals surface area contributed by atoms with E-state index in [0.717, 1.165) is 0 Å². The summed E-state index contributed by atoms with van der Waals surface area (Å²) < 4.78 is 68.2. The maximum atomic E-state index is 13.1. The van der Waals surface area contributed by atoms with Gasteiger partial charge in [0.05, 0.1) is 6.10 Å². The van der Waals surface area contributed by atoms with E-state index in [1.165, 1.54) is 6.92 Å². The van der Waals surface area contributed by atoms with Crippen molar-refractivity contribution in [2.45, 2.75) is 83.4 Å². The molecule has 160 valence electrons. The third-order valence-corrected chi connectivity index (χ3v) is 4.70. The largest absolute Gasteiger partial charge is 0.480 e. The summed E-state index contributed by atoms with van der Waals surface area (Å²) in [4.78, 5) is 24.3. The van der Waals surface area contributed by atoms with Gasteiger partial charge in [-0.05, 0) is 39.0 Å². The van der Waals surface area contributed by atoms with Crippen molar-refractivity contribution in [1.82, 2.24) is 0 Å². The third-order valence-electron chi connectivity index (χ3n) is 4.43. The Bertz CT molecular complexity index is 484. The average Bonchev–Trinajstić information content (AvgIpc) is 2.55. The van der Waals surface area contributed by atoms with Crippen molar-refractivity contribution in [2.75, 3.05) is 5.88 Å². The molecule has 2 atom stereocenters. The minimum atomic E-state index is -5.73. The standard InChI is InChI=1S/C17H26ClF5O4/c1-3-12(2)27-14(26)15(13(24)25,8-5-4-6-11-18)9-7-10-16(19,20)17(21,22)23/h12H,3-11H2,1-2H3,(H,24,25). The lowest BCUT2D eigenvalue weighted by Gasteiger charge is -2.29. The number of carbonyl (C=O) groups excluding carboxylic acids is 1. The molecule has 0 aliphatic heterocycles. The van der Waals surface area contributed by atoms with E-state index in [2.05, 4.69) is 0 Å². The maximum Gasteiger partial charge on any atom is 0.453 e. The predicted molar refractivity (Wildman–Crippen MR) is 90.0 cm³/mol. The summed E-state index contributed by atoms with van der Waals surface area (Å²) in [7, 11) is 0. The van der Waals surface area contributed by atoms with Crippen molar-refractivity contribution in [3.8, 4) is 0 Å². The number of hydrogen-bond donors (Lipinski definition) is 1. The van der Waals surface area contributed by atoms with Crippen molar-refractivity contribution < 1.29 is 41.4 Å². The molecule has 0 rings (SSSR count). The minimum Gasteiger partial charge on any atom is -0.480 e. The van der Waals surface area contributed by atoms with E-state index in [9.17, 15) is 36.6 Å². The summed E-state index contributed by atoms with van der Waals surface area (Å²) in [5.74, 6) is -7.31. The lowest BCUT2D eigenvalue weighted by molar-refractivity contribution is -0.284. The Morgan fingerprint density at radius 1 is 1.00 bits per heavy atom. The third kappa shape index (κ3) is 7.79. The van der Waals surface area contributed by atoms with E-state index in [4.69, 9.17) is 16.3 Å². The highest BCUT2D eigenvalue weighted by molar-refractivity contribution is 6.17. The van der Waals surface area contributed by atoms with E-state index >= 15 is 0 Å². The molecular weight excluding hydrogens is 399 g/mol. The van der Waals surface area contributed by atoms with Gasteiger partial charge in [0.1, 0.15) is 0 Å². The Morgan fingerprint density at radius 2 is 1.56 bits per heavy atom. The van der Waals surface area contributed by atoms with Crippen LogP contribution in [0.15, 0.2) is 0 Å². The van der Waals surface area contributed by atoms with Gasteiger partial charge >= 0.3 is 24.0 Å². The van der Waals surface area contributed by atoms with Gasteiger partial charge in [0.15, 0.2) is 5.41 Å². The number of rotatable bonds is 13. The van der Waals surface area contributed by atoms with Crippen molar-refractivity contribution in [2.24, 2.45) is 5.41 Å². The van der Waals surface area contributed by atoms with E-state index in [1.807, 2.05) is 0 Å². The summed E-state index contributed by atoms with van der Waals surface area (Å²) in [5, 5.41) is 9.59. The molecule has 0 heterocycles. The first-order valence-corrected chi connectivity index (χ1v) is 9.32. The molecule has 0 aromatic carbocycles. The van der Waals surface area contributed by atoms with Crippen LogP contribution in [0.4, 0.5) is 22.0 Å². The highest BCUT2D eigenvalue weighted by atomic mass is 35.5. The lowest BCUT2D eigenvalue weighted by Crippen LogP contribution is -2.43. The van der Waals surface area contributed by atoms with Crippen LogP contribution in [0.2, 0.25) is 0 Å². The molecule has 10 heteroatoms. The molecular formula is C17H26ClF5O4. The zero-order valence-corrected chi connectivity index (χ0v) is 16.1. The summed E-state index contributed by atoms with van der Waals surface area (Å²) in [5.41, 5.74) is -2.16. The number of carbonyl (C=O) groups is 2. The van der Waals surface area contributed by atoms with Gasteiger partial charge in [0, 0.05) is 12.3 Å². The van der Waals surface area contributed by atoms with Crippen LogP contribution in [0.3, 0.4) is 0 Å². The number of carboxylic acids is 1. The number of aliphatic carboxylic acids is 1. The monoisotopic (exact) mass is 424 g/mol. The SMILES string of the molecule is CCC(C)OC(=O)C(CCCCCCl)(CCCC(F)(F)C(F)(F)F)C(=O)O. The quantitative estimate of drug-likeness (QED) is 0.138. The van der Waals surface area contributed by atoms with Crippen molar-refractivity contribution in [1.29, 1.82) is 0 Å². The normalized spacial score (nSPS) is 15.9. The maximum absolute atomic E-state index is 13.1. The van der Waals surface area contributed by atoms with Crippen LogP contribution in [0, 0.1) is 5.41 Å². The van der Waals surface area contributed by atoms with Gasteiger partial charge in [-0.3, -0.25) is 9.59 Å². The summed E-state index contributed by atoms with van der Waals surface area (Å²) in [6.45, 7) is 3.24. The predicted octanol–water partition coefficient (Wildman–Crippen LogP) is 5.57. The number of carboxylic acid groups (broad SMARTS) is 1. The molecule has 0 aromatic rings. The second kappa shape index (κ2) is 11.0. The second-order valence-electron chi connectivity index (χ2n) is 6.57. The van der Waals surface area contributed by atoms with Crippen LogP contribution in [-0.2, 0) is 14.3 Å². The summed E-state index contributed by atoms with van der Waals surface area (Å²) in [6, 6.07) is 0. The summed E-state index contributed by atoms with van der Waals surface area (Å²) >= 11 is 5.54. The number of alkyl halides is 6. The first-order valence-electron chi connectivity index (χ1n) is 8.79. The number of ether oxygens (including phenoxy) is 1. The first kappa shape index (κ1) is 25.9. The van der Waals surface area contributed by atoms with Crippen LogP contribution < -0.4 is 0 Å². The Labute approximate surface area is 160 Å². The Hall–Kier alpha value is -1.12. The van der Waals surface area contributed by atoms with E-state index in [1.54, 1.807) is 6.92 Å². The van der Waals surface area contributed by atoms with Gasteiger partial charge in [-0.2, -0.15) is 22.0 Å². The number of unbranched alkanes of at least 4 members (excludes halogenated alkanes) is 2. The molecule has 0 amide bonds. The van der Waals surface area contributed by atoms with E-state index in [0.29, 0.717) is 25.1 Å². The van der Waals surface area contributed by atoms with Crippen LogP contribution in [0.1, 0.15) is 65.2 Å². The Balaban J connectivity index is 5.34.